The van der Waals surface area contributed by atoms with Crippen molar-refractivity contribution in [3.63, 3.8) is 0 Å². The number of fused-ring (bicyclic) bond motifs is 5. The van der Waals surface area contributed by atoms with Crippen LogP contribution in [0.5, 0.6) is 11.5 Å². The molecule has 9 heteroatoms. The molecule has 6 rings (SSSR count). The molecule has 33 heavy (non-hydrogen) atoms. The Morgan fingerprint density at radius 1 is 1.03 bits per heavy atom. The topological polar surface area (TPSA) is 93.3 Å². The lowest BCUT2D eigenvalue weighted by Gasteiger charge is -2.08. The van der Waals surface area contributed by atoms with E-state index in [2.05, 4.69) is 4.98 Å². The summed E-state index contributed by atoms with van der Waals surface area (Å²) in [5.41, 5.74) is 4.10. The Kier molecular flexibility index (Phi) is 4.69. The molecule has 1 aliphatic rings. The first-order chi connectivity index (χ1) is 16.2. The molecule has 0 bridgehead atoms. The molecule has 0 N–H and O–H groups in total. The van der Waals surface area contributed by atoms with E-state index < -0.39 is 0 Å². The van der Waals surface area contributed by atoms with Crippen LogP contribution in [0, 0.1) is 0 Å². The molecule has 0 amide bonds. The van der Waals surface area contributed by atoms with Gasteiger partial charge in [0, 0.05) is 20.3 Å². The number of ether oxygens (including phenoxy) is 3. The summed E-state index contributed by atoms with van der Waals surface area (Å²) in [5, 5.41) is 0.476. The summed E-state index contributed by atoms with van der Waals surface area (Å²) >= 11 is 0. The maximum Gasteiger partial charge on any atom is 0.265 e. The molecule has 0 atom stereocenters. The summed E-state index contributed by atoms with van der Waals surface area (Å²) in [5.74, 6) is 1.43. The highest BCUT2D eigenvalue weighted by molar-refractivity contribution is 6.04. The van der Waals surface area contributed by atoms with Crippen molar-refractivity contribution in [2.75, 3.05) is 20.5 Å². The van der Waals surface area contributed by atoms with Crippen LogP contribution in [0.4, 0.5) is 0 Å². The summed E-state index contributed by atoms with van der Waals surface area (Å²) < 4.78 is 19.7. The van der Waals surface area contributed by atoms with Crippen LogP contribution in [-0.2, 0) is 17.8 Å². The van der Waals surface area contributed by atoms with Gasteiger partial charge in [-0.3, -0.25) is 9.36 Å². The van der Waals surface area contributed by atoms with Gasteiger partial charge in [0.1, 0.15) is 10.9 Å². The van der Waals surface area contributed by atoms with Crippen LogP contribution >= 0.6 is 0 Å². The van der Waals surface area contributed by atoms with Crippen LogP contribution in [0.25, 0.3) is 33.2 Å². The van der Waals surface area contributed by atoms with Crippen molar-refractivity contribution in [2.24, 2.45) is 0 Å². The number of aryl methyl sites for hydroxylation is 1. The van der Waals surface area contributed by atoms with Gasteiger partial charge in [0.05, 0.1) is 23.9 Å². The number of hydrogen-bond donors (Lipinski definition) is 0. The third-order valence-electron chi connectivity index (χ3n) is 5.84. The van der Waals surface area contributed by atoms with Crippen molar-refractivity contribution in [3.05, 3.63) is 64.7 Å². The Morgan fingerprint density at radius 2 is 1.85 bits per heavy atom. The van der Waals surface area contributed by atoms with E-state index in [1.807, 2.05) is 47.0 Å². The van der Waals surface area contributed by atoms with Crippen LogP contribution in [-0.4, -0.2) is 44.6 Å². The molecular weight excluding hydrogens is 422 g/mol. The second kappa shape index (κ2) is 7.86. The minimum absolute atomic E-state index is 0.130. The van der Waals surface area contributed by atoms with E-state index >= 15 is 0 Å². The molecule has 4 heterocycles. The molecule has 2 aromatic carbocycles. The standard InChI is InChI=1S/C24H21N5O4/c1-31-10-4-9-28-13-25-22-20(24(28)30)21-23(27-17-6-3-2-5-16(17)26-21)29(22)12-15-7-8-18-19(11-15)33-14-32-18/h2-3,5-8,11,13H,4,9-10,12,14H2,1H3. The van der Waals surface area contributed by atoms with Crippen molar-refractivity contribution in [1.82, 2.24) is 24.1 Å². The Labute approximate surface area is 188 Å². The molecule has 5 aromatic rings. The number of nitrogens with zero attached hydrogens (tertiary/aromatic N) is 5. The smallest absolute Gasteiger partial charge is 0.265 e. The van der Waals surface area contributed by atoms with E-state index in [1.54, 1.807) is 18.0 Å². The highest BCUT2D eigenvalue weighted by atomic mass is 16.7. The Bertz CT molecular complexity index is 1570. The predicted octanol–water partition coefficient (Wildman–Crippen LogP) is 3.11. The highest BCUT2D eigenvalue weighted by Gasteiger charge is 2.21. The average Bonchev–Trinajstić information content (AvgIpc) is 3.42. The van der Waals surface area contributed by atoms with Gasteiger partial charge in [-0.2, -0.15) is 0 Å². The fraction of sp³-hybridized carbons (Fsp3) is 0.250. The second-order valence-corrected chi connectivity index (χ2v) is 7.95. The molecule has 0 unspecified atom stereocenters. The van der Waals surface area contributed by atoms with Gasteiger partial charge in [-0.1, -0.05) is 18.2 Å². The van der Waals surface area contributed by atoms with E-state index in [9.17, 15) is 4.79 Å². The van der Waals surface area contributed by atoms with Crippen LogP contribution in [0.15, 0.2) is 53.6 Å². The summed E-state index contributed by atoms with van der Waals surface area (Å²) in [6, 6.07) is 13.5. The molecule has 166 valence electrons. The van der Waals surface area contributed by atoms with Crippen LogP contribution in [0.3, 0.4) is 0 Å². The molecule has 0 saturated heterocycles. The molecule has 0 spiro atoms. The second-order valence-electron chi connectivity index (χ2n) is 7.95. The molecule has 3 aromatic heterocycles. The summed E-state index contributed by atoms with van der Waals surface area (Å²) in [6.45, 7) is 1.77. The Balaban J connectivity index is 1.57. The van der Waals surface area contributed by atoms with Gasteiger partial charge in [-0.25, -0.2) is 15.0 Å². The zero-order chi connectivity index (χ0) is 22.4. The molecule has 0 aliphatic carbocycles. The maximum atomic E-state index is 13.5. The number of benzene rings is 2. The summed E-state index contributed by atoms with van der Waals surface area (Å²) in [6.07, 6.45) is 2.31. The number of para-hydroxylation sites is 2. The van der Waals surface area contributed by atoms with Crippen LogP contribution in [0.2, 0.25) is 0 Å². The predicted molar refractivity (Wildman–Crippen MR) is 123 cm³/mol. The van der Waals surface area contributed by atoms with Gasteiger partial charge < -0.3 is 18.8 Å². The quantitative estimate of drug-likeness (QED) is 0.372. The van der Waals surface area contributed by atoms with Gasteiger partial charge in [0.25, 0.3) is 5.56 Å². The van der Waals surface area contributed by atoms with Crippen LogP contribution < -0.4 is 15.0 Å². The van der Waals surface area contributed by atoms with Crippen molar-refractivity contribution < 1.29 is 14.2 Å². The molecule has 9 nitrogen and oxygen atoms in total. The molecule has 1 aliphatic heterocycles. The Morgan fingerprint density at radius 3 is 2.70 bits per heavy atom. The SMILES string of the molecule is COCCCn1cnc2c(c1=O)c1nc3ccccc3nc1n2Cc1ccc2c(c1)OCO2. The summed E-state index contributed by atoms with van der Waals surface area (Å²) in [4.78, 5) is 27.8. The van der Waals surface area contributed by atoms with Gasteiger partial charge in [0.2, 0.25) is 6.79 Å². The van der Waals surface area contributed by atoms with Crippen molar-refractivity contribution in [3.8, 4) is 11.5 Å². The van der Waals surface area contributed by atoms with E-state index in [-0.39, 0.29) is 12.4 Å². The largest absolute Gasteiger partial charge is 0.454 e. The molecule has 0 radical (unpaired) electrons. The minimum Gasteiger partial charge on any atom is -0.454 e. The zero-order valence-electron chi connectivity index (χ0n) is 18.0. The lowest BCUT2D eigenvalue weighted by atomic mass is 10.2. The highest BCUT2D eigenvalue weighted by Crippen LogP contribution is 2.33. The first-order valence-corrected chi connectivity index (χ1v) is 10.7. The molecule has 0 saturated carbocycles. The fourth-order valence-electron chi connectivity index (χ4n) is 4.25. The number of methoxy groups -OCH3 is 1. The van der Waals surface area contributed by atoms with E-state index in [0.717, 1.165) is 22.3 Å². The normalized spacial score (nSPS) is 12.9. The maximum absolute atomic E-state index is 13.5. The fourth-order valence-corrected chi connectivity index (χ4v) is 4.25. The first-order valence-electron chi connectivity index (χ1n) is 10.7. The third kappa shape index (κ3) is 3.28. The van der Waals surface area contributed by atoms with Crippen molar-refractivity contribution in [2.45, 2.75) is 19.5 Å². The lowest BCUT2D eigenvalue weighted by Crippen LogP contribution is -2.21. The first kappa shape index (κ1) is 19.7. The zero-order valence-corrected chi connectivity index (χ0v) is 18.0. The number of aromatic nitrogens is 5. The van der Waals surface area contributed by atoms with Gasteiger partial charge in [0.15, 0.2) is 22.8 Å². The van der Waals surface area contributed by atoms with Crippen LogP contribution in [0.1, 0.15) is 12.0 Å². The molecule has 0 fully saturated rings. The average molecular weight is 443 g/mol. The van der Waals surface area contributed by atoms with E-state index in [1.165, 1.54) is 0 Å². The Hall–Kier alpha value is -3.98. The lowest BCUT2D eigenvalue weighted by molar-refractivity contribution is 0.174. The summed E-state index contributed by atoms with van der Waals surface area (Å²) in [7, 11) is 1.65. The molecular formula is C24H21N5O4. The third-order valence-corrected chi connectivity index (χ3v) is 5.84. The van der Waals surface area contributed by atoms with E-state index in [0.29, 0.717) is 54.1 Å². The number of hydrogen-bond acceptors (Lipinski definition) is 7. The number of rotatable bonds is 6. The van der Waals surface area contributed by atoms with Gasteiger partial charge in [-0.05, 0) is 36.2 Å². The van der Waals surface area contributed by atoms with Gasteiger partial charge >= 0.3 is 0 Å². The minimum atomic E-state index is -0.130. The van der Waals surface area contributed by atoms with Gasteiger partial charge in [-0.15, -0.1) is 0 Å². The van der Waals surface area contributed by atoms with Crippen molar-refractivity contribution >= 4 is 33.2 Å². The van der Waals surface area contributed by atoms with E-state index in [4.69, 9.17) is 24.2 Å². The van der Waals surface area contributed by atoms with Crippen molar-refractivity contribution in [1.29, 1.82) is 0 Å². The monoisotopic (exact) mass is 443 g/mol.